The molecule has 0 unspecified atom stereocenters. The Bertz CT molecular complexity index is 903. The average Bonchev–Trinajstić information content (AvgIpc) is 2.68. The number of pyridine rings is 1. The summed E-state index contributed by atoms with van der Waals surface area (Å²) in [7, 11) is 0. The Labute approximate surface area is 155 Å². The fourth-order valence-corrected chi connectivity index (χ4v) is 2.72. The predicted octanol–water partition coefficient (Wildman–Crippen LogP) is 4.47. The summed E-state index contributed by atoms with van der Waals surface area (Å²) in [5, 5.41) is 0. The molecule has 3 rings (SSSR count). The van der Waals surface area contributed by atoms with Gasteiger partial charge in [-0.3, -0.25) is 14.5 Å². The topological polar surface area (TPSA) is 51.2 Å². The summed E-state index contributed by atoms with van der Waals surface area (Å²) in [6.07, 6.45) is 5.23. The number of hydrogen-bond donors (Lipinski definition) is 1. The Hall–Kier alpha value is -2.86. The van der Waals surface area contributed by atoms with E-state index in [2.05, 4.69) is 9.71 Å². The summed E-state index contributed by atoms with van der Waals surface area (Å²) in [4.78, 5) is 15.8. The summed E-state index contributed by atoms with van der Waals surface area (Å²) < 4.78 is 22.5. The molecule has 0 radical (unpaired) electrons. The second-order valence-electron chi connectivity index (χ2n) is 5.50. The van der Waals surface area contributed by atoms with Gasteiger partial charge in [-0.15, -0.1) is 0 Å². The molecule has 0 fully saturated rings. The van der Waals surface area contributed by atoms with Crippen LogP contribution in [0.15, 0.2) is 67.0 Å². The molecule has 26 heavy (non-hydrogen) atoms. The highest BCUT2D eigenvalue weighted by Crippen LogP contribution is 2.24. The Kier molecular flexibility index (Phi) is 5.86. The van der Waals surface area contributed by atoms with Crippen LogP contribution >= 0.6 is 11.9 Å². The molecule has 0 spiro atoms. The number of nitrogens with zero attached hydrogens (tertiary/aromatic N) is 1. The quantitative estimate of drug-likeness (QED) is 0.652. The highest BCUT2D eigenvalue weighted by Gasteiger charge is 2.10. The lowest BCUT2D eigenvalue weighted by atomic mass is 10.1. The molecular weight excluding hydrogens is 351 g/mol. The molecule has 0 aliphatic carbocycles. The van der Waals surface area contributed by atoms with Crippen molar-refractivity contribution in [3.63, 3.8) is 0 Å². The number of rotatable bonds is 6. The van der Waals surface area contributed by atoms with E-state index in [0.717, 1.165) is 11.1 Å². The Morgan fingerprint density at radius 1 is 1.15 bits per heavy atom. The van der Waals surface area contributed by atoms with Gasteiger partial charge in [-0.2, -0.15) is 0 Å². The smallest absolute Gasteiger partial charge is 0.261 e. The molecule has 1 N–H and O–H groups in total. The van der Waals surface area contributed by atoms with Crippen LogP contribution in [0.4, 0.5) is 4.39 Å². The van der Waals surface area contributed by atoms with Gasteiger partial charge in [0.15, 0.2) is 0 Å². The van der Waals surface area contributed by atoms with Gasteiger partial charge in [0.25, 0.3) is 5.91 Å². The molecule has 0 aliphatic heterocycles. The van der Waals surface area contributed by atoms with E-state index in [9.17, 15) is 9.18 Å². The molecule has 0 aliphatic rings. The van der Waals surface area contributed by atoms with Gasteiger partial charge >= 0.3 is 0 Å². The lowest BCUT2D eigenvalue weighted by Crippen LogP contribution is -2.15. The van der Waals surface area contributed by atoms with Gasteiger partial charge in [0.05, 0.1) is 0 Å². The van der Waals surface area contributed by atoms with Crippen molar-refractivity contribution in [1.29, 1.82) is 0 Å². The third kappa shape index (κ3) is 4.40. The van der Waals surface area contributed by atoms with E-state index < -0.39 is 5.82 Å². The lowest BCUT2D eigenvalue weighted by Gasteiger charge is -2.10. The van der Waals surface area contributed by atoms with Crippen molar-refractivity contribution in [2.24, 2.45) is 0 Å². The number of benzene rings is 2. The van der Waals surface area contributed by atoms with Crippen LogP contribution in [-0.2, 0) is 6.61 Å². The molecule has 6 heteroatoms. The molecular formula is C20H17FN2O2S. The number of halogens is 1. The van der Waals surface area contributed by atoms with Gasteiger partial charge in [0, 0.05) is 35.3 Å². The zero-order valence-electron chi connectivity index (χ0n) is 14.1. The molecule has 1 heterocycles. The summed E-state index contributed by atoms with van der Waals surface area (Å²) in [6, 6.07) is 15.7. The fraction of sp³-hybridized carbons (Fsp3) is 0.100. The van der Waals surface area contributed by atoms with Crippen molar-refractivity contribution < 1.29 is 13.9 Å². The van der Waals surface area contributed by atoms with Gasteiger partial charge in [-0.1, -0.05) is 36.2 Å². The van der Waals surface area contributed by atoms with Crippen LogP contribution in [0.5, 0.6) is 5.75 Å². The van der Waals surface area contributed by atoms with Gasteiger partial charge in [0.1, 0.15) is 18.2 Å². The van der Waals surface area contributed by atoms with Crippen molar-refractivity contribution >= 4 is 17.9 Å². The zero-order chi connectivity index (χ0) is 18.4. The van der Waals surface area contributed by atoms with Crippen LogP contribution in [0.1, 0.15) is 15.9 Å². The third-order valence-electron chi connectivity index (χ3n) is 3.73. The number of nitrogens with one attached hydrogen (secondary N) is 1. The van der Waals surface area contributed by atoms with Crippen molar-refractivity contribution in [1.82, 2.24) is 9.71 Å². The van der Waals surface area contributed by atoms with Crippen LogP contribution in [-0.4, -0.2) is 17.1 Å². The highest BCUT2D eigenvalue weighted by atomic mass is 32.2. The van der Waals surface area contributed by atoms with Gasteiger partial charge in [-0.25, -0.2) is 4.39 Å². The lowest BCUT2D eigenvalue weighted by molar-refractivity contribution is 0.0984. The number of ether oxygens (including phenoxy) is 1. The third-order valence-corrected chi connectivity index (χ3v) is 4.12. The maximum atomic E-state index is 14.2. The van der Waals surface area contributed by atoms with E-state index >= 15 is 0 Å². The van der Waals surface area contributed by atoms with Gasteiger partial charge in [0.2, 0.25) is 0 Å². The van der Waals surface area contributed by atoms with Crippen molar-refractivity contribution in [2.75, 3.05) is 6.26 Å². The van der Waals surface area contributed by atoms with E-state index in [0.29, 0.717) is 11.3 Å². The SMILES string of the molecule is CSNC(=O)c1ccc(COc2cccc(-c3cccnc3)c2)c(F)c1. The molecule has 3 aromatic rings. The Balaban J connectivity index is 1.70. The van der Waals surface area contributed by atoms with Crippen molar-refractivity contribution in [3.8, 4) is 16.9 Å². The summed E-state index contributed by atoms with van der Waals surface area (Å²) >= 11 is 1.17. The average molecular weight is 368 g/mol. The van der Waals surface area contributed by atoms with Crippen molar-refractivity contribution in [2.45, 2.75) is 6.61 Å². The first-order valence-corrected chi connectivity index (χ1v) is 9.15. The predicted molar refractivity (Wildman–Crippen MR) is 101 cm³/mol. The van der Waals surface area contributed by atoms with E-state index in [-0.39, 0.29) is 18.1 Å². The minimum absolute atomic E-state index is 0.0761. The van der Waals surface area contributed by atoms with Crippen LogP contribution in [0.2, 0.25) is 0 Å². The van der Waals surface area contributed by atoms with E-state index in [1.54, 1.807) is 30.8 Å². The molecule has 0 saturated carbocycles. The van der Waals surface area contributed by atoms with Crippen molar-refractivity contribution in [3.05, 3.63) is 83.9 Å². The molecule has 2 aromatic carbocycles. The number of carbonyl (C=O) groups is 1. The molecule has 0 saturated heterocycles. The minimum Gasteiger partial charge on any atom is -0.489 e. The Morgan fingerprint density at radius 3 is 2.73 bits per heavy atom. The van der Waals surface area contributed by atoms with Crippen LogP contribution < -0.4 is 9.46 Å². The van der Waals surface area contributed by atoms with Crippen LogP contribution in [0.25, 0.3) is 11.1 Å². The first-order valence-electron chi connectivity index (χ1n) is 7.92. The second kappa shape index (κ2) is 8.49. The summed E-state index contributed by atoms with van der Waals surface area (Å²) in [6.45, 7) is 0.0761. The zero-order valence-corrected chi connectivity index (χ0v) is 14.9. The normalized spacial score (nSPS) is 10.4. The van der Waals surface area contributed by atoms with Crippen LogP contribution in [0.3, 0.4) is 0 Å². The number of hydrogen-bond acceptors (Lipinski definition) is 4. The van der Waals surface area contributed by atoms with E-state index in [1.165, 1.54) is 18.0 Å². The molecule has 1 amide bonds. The van der Waals surface area contributed by atoms with E-state index in [1.807, 2.05) is 36.4 Å². The first-order chi connectivity index (χ1) is 12.7. The van der Waals surface area contributed by atoms with Gasteiger partial charge in [-0.05, 0) is 35.9 Å². The van der Waals surface area contributed by atoms with E-state index in [4.69, 9.17) is 4.74 Å². The van der Waals surface area contributed by atoms with Gasteiger partial charge < -0.3 is 4.74 Å². The molecule has 1 aromatic heterocycles. The summed E-state index contributed by atoms with van der Waals surface area (Å²) in [5.41, 5.74) is 2.62. The largest absolute Gasteiger partial charge is 0.489 e. The molecule has 0 bridgehead atoms. The fourth-order valence-electron chi connectivity index (χ4n) is 2.42. The Morgan fingerprint density at radius 2 is 2.00 bits per heavy atom. The number of aromatic nitrogens is 1. The maximum Gasteiger partial charge on any atom is 0.261 e. The van der Waals surface area contributed by atoms with Crippen LogP contribution in [0, 0.1) is 5.82 Å². The standard InChI is InChI=1S/C20H17FN2O2S/c1-26-23-20(24)15-7-8-17(19(21)11-15)13-25-18-6-2-4-14(10-18)16-5-3-9-22-12-16/h2-12H,13H2,1H3,(H,23,24). The minimum atomic E-state index is -0.470. The second-order valence-corrected chi connectivity index (χ2v) is 6.11. The molecule has 132 valence electrons. The number of carbonyl (C=O) groups excluding carboxylic acids is 1. The number of amides is 1. The first kappa shape index (κ1) is 17.9. The maximum absolute atomic E-state index is 14.2. The highest BCUT2D eigenvalue weighted by molar-refractivity contribution is 7.97. The molecule has 0 atom stereocenters. The molecule has 4 nitrogen and oxygen atoms in total. The summed E-state index contributed by atoms with van der Waals surface area (Å²) in [5.74, 6) is -0.162. The monoisotopic (exact) mass is 368 g/mol.